The predicted octanol–water partition coefficient (Wildman–Crippen LogP) is 5.21. The molecule has 2 fully saturated rings. The smallest absolute Gasteiger partial charge is 0.309 e. The molecule has 22 heavy (non-hydrogen) atoms. The molecule has 0 amide bonds. The second-order valence-electron chi connectivity index (χ2n) is 8.78. The summed E-state index contributed by atoms with van der Waals surface area (Å²) in [5.74, 6) is 0.276. The third-order valence-corrected chi connectivity index (χ3v) is 7.43. The van der Waals surface area contributed by atoms with Crippen LogP contribution in [0, 0.1) is 28.1 Å². The van der Waals surface area contributed by atoms with Gasteiger partial charge in [-0.2, -0.15) is 0 Å². The van der Waals surface area contributed by atoms with Crippen LogP contribution in [0.3, 0.4) is 0 Å². The van der Waals surface area contributed by atoms with Gasteiger partial charge >= 0.3 is 5.97 Å². The van der Waals surface area contributed by atoms with Crippen LogP contribution in [-0.2, 0) is 4.79 Å². The Bertz CT molecular complexity index is 534. The zero-order valence-electron chi connectivity index (χ0n) is 14.3. The molecule has 3 aliphatic rings. The van der Waals surface area contributed by atoms with Crippen molar-refractivity contribution in [1.29, 1.82) is 0 Å². The standard InChI is InChI=1S/C20H30O2/c1-5-18(2)12-9-15-14(13-18)7-8-16-19(15,3)10-6-11-20(16,4)17(21)22/h5,7,15-16H,1,6,8-13H2,2-4H3,(H,21,22)/t15-,16-,18-,19+,20+/m1/s1. The van der Waals surface area contributed by atoms with Crippen molar-refractivity contribution in [3.05, 3.63) is 24.3 Å². The molecule has 2 saturated carbocycles. The lowest BCUT2D eigenvalue weighted by atomic mass is 9.45. The van der Waals surface area contributed by atoms with E-state index in [1.807, 2.05) is 6.92 Å². The highest BCUT2D eigenvalue weighted by Gasteiger charge is 2.58. The fourth-order valence-corrected chi connectivity index (χ4v) is 5.86. The Balaban J connectivity index is 1.98. The molecule has 0 aromatic rings. The minimum atomic E-state index is -0.591. The Hall–Kier alpha value is -1.05. The van der Waals surface area contributed by atoms with Gasteiger partial charge in [0.25, 0.3) is 0 Å². The third kappa shape index (κ3) is 2.10. The van der Waals surface area contributed by atoms with E-state index in [2.05, 4.69) is 32.6 Å². The van der Waals surface area contributed by atoms with E-state index in [9.17, 15) is 9.90 Å². The highest BCUT2D eigenvalue weighted by Crippen LogP contribution is 2.63. The molecule has 122 valence electrons. The van der Waals surface area contributed by atoms with E-state index < -0.39 is 11.4 Å². The van der Waals surface area contributed by atoms with Crippen molar-refractivity contribution in [1.82, 2.24) is 0 Å². The first kappa shape index (κ1) is 15.8. The zero-order chi connectivity index (χ0) is 16.2. The molecule has 0 aliphatic heterocycles. The number of rotatable bonds is 2. The maximum atomic E-state index is 11.9. The Kier molecular flexibility index (Phi) is 3.58. The minimum absolute atomic E-state index is 0.165. The molecule has 5 atom stereocenters. The summed E-state index contributed by atoms with van der Waals surface area (Å²) in [6.07, 6.45) is 12.0. The number of carbonyl (C=O) groups is 1. The van der Waals surface area contributed by atoms with Crippen LogP contribution in [0.5, 0.6) is 0 Å². The van der Waals surface area contributed by atoms with Crippen molar-refractivity contribution >= 4 is 5.97 Å². The largest absolute Gasteiger partial charge is 0.481 e. The van der Waals surface area contributed by atoms with Gasteiger partial charge in [-0.3, -0.25) is 4.79 Å². The summed E-state index contributed by atoms with van der Waals surface area (Å²) in [7, 11) is 0. The van der Waals surface area contributed by atoms with Gasteiger partial charge < -0.3 is 5.11 Å². The number of carboxylic acid groups (broad SMARTS) is 1. The quantitative estimate of drug-likeness (QED) is 0.711. The van der Waals surface area contributed by atoms with Gasteiger partial charge in [0, 0.05) is 0 Å². The third-order valence-electron chi connectivity index (χ3n) is 7.43. The Morgan fingerprint density at radius 1 is 1.32 bits per heavy atom. The summed E-state index contributed by atoms with van der Waals surface area (Å²) >= 11 is 0. The van der Waals surface area contributed by atoms with Crippen LogP contribution in [0.15, 0.2) is 24.3 Å². The van der Waals surface area contributed by atoms with Crippen molar-refractivity contribution in [2.75, 3.05) is 0 Å². The van der Waals surface area contributed by atoms with E-state index in [4.69, 9.17) is 0 Å². The molecule has 2 heteroatoms. The Morgan fingerprint density at radius 3 is 2.68 bits per heavy atom. The highest BCUT2D eigenvalue weighted by atomic mass is 16.4. The van der Waals surface area contributed by atoms with E-state index in [0.717, 1.165) is 25.7 Å². The molecule has 0 aromatic heterocycles. The molecule has 3 aliphatic carbocycles. The van der Waals surface area contributed by atoms with Gasteiger partial charge in [-0.15, -0.1) is 6.58 Å². The average molecular weight is 302 g/mol. The predicted molar refractivity (Wildman–Crippen MR) is 89.5 cm³/mol. The van der Waals surface area contributed by atoms with Crippen LogP contribution in [0.4, 0.5) is 0 Å². The van der Waals surface area contributed by atoms with E-state index in [0.29, 0.717) is 5.92 Å². The molecule has 0 spiro atoms. The normalized spacial score (nSPS) is 47.9. The lowest BCUT2D eigenvalue weighted by Crippen LogP contribution is -2.53. The SMILES string of the molecule is C=C[C@]1(C)CC[C@@H]2C(=CC[C@@H]3[C@@]2(C)CCC[C@]3(C)C(=O)O)C1. The van der Waals surface area contributed by atoms with Crippen LogP contribution >= 0.6 is 0 Å². The molecule has 1 N–H and O–H groups in total. The van der Waals surface area contributed by atoms with E-state index >= 15 is 0 Å². The van der Waals surface area contributed by atoms with Gasteiger partial charge in [-0.05, 0) is 68.1 Å². The first-order valence-electron chi connectivity index (χ1n) is 8.81. The van der Waals surface area contributed by atoms with E-state index in [1.54, 1.807) is 5.57 Å². The fraction of sp³-hybridized carbons (Fsp3) is 0.750. The van der Waals surface area contributed by atoms with Crippen molar-refractivity contribution in [3.8, 4) is 0 Å². The maximum absolute atomic E-state index is 11.9. The summed E-state index contributed by atoms with van der Waals surface area (Å²) in [5.41, 5.74) is 1.43. The number of hydrogen-bond acceptors (Lipinski definition) is 1. The summed E-state index contributed by atoms with van der Waals surface area (Å²) in [6, 6.07) is 0. The van der Waals surface area contributed by atoms with E-state index in [1.165, 1.54) is 19.3 Å². The second-order valence-corrected chi connectivity index (χ2v) is 8.78. The minimum Gasteiger partial charge on any atom is -0.481 e. The second kappa shape index (κ2) is 4.97. The topological polar surface area (TPSA) is 37.3 Å². The average Bonchev–Trinajstić information content (AvgIpc) is 2.46. The van der Waals surface area contributed by atoms with Gasteiger partial charge in [0.15, 0.2) is 0 Å². The van der Waals surface area contributed by atoms with Gasteiger partial charge in [0.05, 0.1) is 5.41 Å². The molecule has 0 bridgehead atoms. The number of hydrogen-bond donors (Lipinski definition) is 1. The summed E-state index contributed by atoms with van der Waals surface area (Å²) in [6.45, 7) is 10.7. The van der Waals surface area contributed by atoms with Crippen LogP contribution in [-0.4, -0.2) is 11.1 Å². The fourth-order valence-electron chi connectivity index (χ4n) is 5.86. The van der Waals surface area contributed by atoms with Crippen LogP contribution in [0.2, 0.25) is 0 Å². The zero-order valence-corrected chi connectivity index (χ0v) is 14.3. The highest BCUT2D eigenvalue weighted by molar-refractivity contribution is 5.75. The van der Waals surface area contributed by atoms with Crippen LogP contribution in [0.25, 0.3) is 0 Å². The van der Waals surface area contributed by atoms with Crippen molar-refractivity contribution in [2.24, 2.45) is 28.1 Å². The molecule has 0 radical (unpaired) electrons. The molecule has 0 aromatic carbocycles. The van der Waals surface area contributed by atoms with Crippen molar-refractivity contribution in [2.45, 2.75) is 65.7 Å². The summed E-state index contributed by atoms with van der Waals surface area (Å²) in [4.78, 5) is 11.9. The van der Waals surface area contributed by atoms with Crippen molar-refractivity contribution < 1.29 is 9.90 Å². The monoisotopic (exact) mass is 302 g/mol. The first-order chi connectivity index (χ1) is 10.3. The molecule has 3 rings (SSSR count). The molecule has 0 unspecified atom stereocenters. The van der Waals surface area contributed by atoms with Crippen LogP contribution in [0.1, 0.15) is 65.7 Å². The molecule has 2 nitrogen and oxygen atoms in total. The number of aliphatic carboxylic acids is 1. The molecule has 0 saturated heterocycles. The lowest BCUT2D eigenvalue weighted by molar-refractivity contribution is -0.163. The number of carboxylic acids is 1. The van der Waals surface area contributed by atoms with Gasteiger partial charge in [-0.25, -0.2) is 0 Å². The van der Waals surface area contributed by atoms with Gasteiger partial charge in [0.1, 0.15) is 0 Å². The molecular weight excluding hydrogens is 272 g/mol. The Labute approximate surface area is 134 Å². The van der Waals surface area contributed by atoms with E-state index in [-0.39, 0.29) is 16.7 Å². The van der Waals surface area contributed by atoms with Crippen molar-refractivity contribution in [3.63, 3.8) is 0 Å². The lowest BCUT2D eigenvalue weighted by Gasteiger charge is -2.58. The molecule has 0 heterocycles. The Morgan fingerprint density at radius 2 is 2.05 bits per heavy atom. The maximum Gasteiger partial charge on any atom is 0.309 e. The first-order valence-corrected chi connectivity index (χ1v) is 8.81. The summed E-state index contributed by atoms with van der Waals surface area (Å²) < 4.78 is 0. The van der Waals surface area contributed by atoms with Crippen LogP contribution < -0.4 is 0 Å². The summed E-state index contributed by atoms with van der Waals surface area (Å²) in [5, 5.41) is 9.83. The van der Waals surface area contributed by atoms with Gasteiger partial charge in [0.2, 0.25) is 0 Å². The van der Waals surface area contributed by atoms with Gasteiger partial charge in [-0.1, -0.05) is 38.0 Å². The number of allylic oxidation sites excluding steroid dienone is 3. The number of fused-ring (bicyclic) bond motifs is 3. The molecular formula is C20H30O2.